The van der Waals surface area contributed by atoms with E-state index in [0.717, 1.165) is 19.4 Å². The summed E-state index contributed by atoms with van der Waals surface area (Å²) in [6.07, 6.45) is 10.1. The fourth-order valence-corrected chi connectivity index (χ4v) is 3.59. The van der Waals surface area contributed by atoms with Gasteiger partial charge in [0.05, 0.1) is 19.4 Å². The minimum atomic E-state index is -0.489. The Labute approximate surface area is 148 Å². The zero-order chi connectivity index (χ0) is 17.5. The first-order valence-corrected chi connectivity index (χ1v) is 9.17. The number of fused-ring (bicyclic) bond motifs is 1. The van der Waals surface area contributed by atoms with Crippen LogP contribution in [0.4, 0.5) is 4.79 Å². The van der Waals surface area contributed by atoms with Crippen molar-refractivity contribution in [1.29, 1.82) is 0 Å². The fraction of sp³-hybridized carbons (Fsp3) is 0.579. The predicted octanol–water partition coefficient (Wildman–Crippen LogP) is 3.59. The van der Waals surface area contributed by atoms with E-state index in [1.807, 2.05) is 4.90 Å². The second-order valence-electron chi connectivity index (χ2n) is 6.62. The zero-order valence-corrected chi connectivity index (χ0v) is 14.5. The molecule has 6 nitrogen and oxygen atoms in total. The lowest BCUT2D eigenvalue weighted by atomic mass is 9.85. The van der Waals surface area contributed by atoms with Crippen molar-refractivity contribution in [2.45, 2.75) is 51.5 Å². The summed E-state index contributed by atoms with van der Waals surface area (Å²) in [5, 5.41) is 2.61. The molecule has 1 aromatic rings. The molecule has 0 radical (unpaired) electrons. The summed E-state index contributed by atoms with van der Waals surface area (Å²) >= 11 is 0. The molecule has 1 fully saturated rings. The van der Waals surface area contributed by atoms with E-state index in [0.29, 0.717) is 31.1 Å². The van der Waals surface area contributed by atoms with E-state index in [1.165, 1.54) is 25.0 Å². The lowest BCUT2D eigenvalue weighted by molar-refractivity contribution is -0.130. The van der Waals surface area contributed by atoms with Crippen molar-refractivity contribution < 1.29 is 18.7 Å². The number of likely N-dealkylation sites (tertiary alicyclic amines) is 1. The van der Waals surface area contributed by atoms with Gasteiger partial charge in [0, 0.05) is 18.7 Å². The molecule has 136 valence electrons. The van der Waals surface area contributed by atoms with Crippen LogP contribution in [0.5, 0.6) is 0 Å². The van der Waals surface area contributed by atoms with Gasteiger partial charge in [0.15, 0.2) is 0 Å². The van der Waals surface area contributed by atoms with E-state index < -0.39 is 6.09 Å². The average Bonchev–Trinajstić information content (AvgIpc) is 3.16. The molecule has 3 rings (SSSR count). The third kappa shape index (κ3) is 4.87. The quantitative estimate of drug-likeness (QED) is 0.799. The largest absolute Gasteiger partial charge is 0.467 e. The molecule has 0 spiro atoms. The van der Waals surface area contributed by atoms with Crippen molar-refractivity contribution in [2.75, 3.05) is 13.2 Å². The molecule has 0 bridgehead atoms. The van der Waals surface area contributed by atoms with Gasteiger partial charge in [-0.2, -0.15) is 0 Å². The standard InChI is InChI=1S/C19H26N2O4/c22-18(21-11-3-7-15-6-1-2-9-17(15)21)10-5-13-25-19(23)20-14-16-8-4-12-24-16/h4,8-9,12,15H,1-3,5-7,10-11,13-14H2,(H,20,23). The molecule has 0 saturated carbocycles. The second-order valence-corrected chi connectivity index (χ2v) is 6.62. The van der Waals surface area contributed by atoms with E-state index >= 15 is 0 Å². The number of carbonyl (C=O) groups is 2. The maximum absolute atomic E-state index is 12.5. The van der Waals surface area contributed by atoms with E-state index in [9.17, 15) is 9.59 Å². The lowest BCUT2D eigenvalue weighted by Crippen LogP contribution is -2.39. The molecular weight excluding hydrogens is 320 g/mol. The number of amides is 2. The van der Waals surface area contributed by atoms with Crippen molar-refractivity contribution in [3.05, 3.63) is 35.9 Å². The number of alkyl carbamates (subject to hydrolysis) is 1. The van der Waals surface area contributed by atoms with Crippen LogP contribution in [0.2, 0.25) is 0 Å². The number of hydrogen-bond acceptors (Lipinski definition) is 4. The molecule has 1 unspecified atom stereocenters. The van der Waals surface area contributed by atoms with Gasteiger partial charge in [-0.15, -0.1) is 0 Å². The molecule has 1 aliphatic carbocycles. The monoisotopic (exact) mass is 346 g/mol. The Balaban J connectivity index is 1.35. The molecule has 1 atom stereocenters. The molecule has 1 aromatic heterocycles. The van der Waals surface area contributed by atoms with Gasteiger partial charge in [-0.25, -0.2) is 4.79 Å². The van der Waals surface area contributed by atoms with E-state index in [1.54, 1.807) is 18.4 Å². The fourth-order valence-electron chi connectivity index (χ4n) is 3.59. The summed E-state index contributed by atoms with van der Waals surface area (Å²) in [5.41, 5.74) is 1.24. The van der Waals surface area contributed by atoms with Gasteiger partial charge in [0.25, 0.3) is 0 Å². The van der Waals surface area contributed by atoms with Crippen LogP contribution in [0.3, 0.4) is 0 Å². The number of carbonyl (C=O) groups excluding carboxylic acids is 2. The van der Waals surface area contributed by atoms with Crippen LogP contribution in [0.25, 0.3) is 0 Å². The van der Waals surface area contributed by atoms with Crippen LogP contribution in [0.1, 0.15) is 50.7 Å². The summed E-state index contributed by atoms with van der Waals surface area (Å²) in [4.78, 5) is 26.1. The van der Waals surface area contributed by atoms with Gasteiger partial charge >= 0.3 is 6.09 Å². The summed E-state index contributed by atoms with van der Waals surface area (Å²) in [7, 11) is 0. The number of piperidine rings is 1. The number of hydrogen-bond donors (Lipinski definition) is 1. The summed E-state index contributed by atoms with van der Waals surface area (Å²) in [6.45, 7) is 1.37. The number of allylic oxidation sites excluding steroid dienone is 2. The first kappa shape index (κ1) is 17.6. The highest BCUT2D eigenvalue weighted by Crippen LogP contribution is 2.35. The van der Waals surface area contributed by atoms with Crippen molar-refractivity contribution >= 4 is 12.0 Å². The van der Waals surface area contributed by atoms with E-state index in [4.69, 9.17) is 9.15 Å². The average molecular weight is 346 g/mol. The van der Waals surface area contributed by atoms with Crippen LogP contribution in [-0.4, -0.2) is 30.1 Å². The van der Waals surface area contributed by atoms with E-state index in [2.05, 4.69) is 11.4 Å². The Morgan fingerprint density at radius 1 is 1.32 bits per heavy atom. The minimum absolute atomic E-state index is 0.150. The SMILES string of the molecule is O=C(NCc1ccco1)OCCCC(=O)N1CCCC2CCCC=C21. The van der Waals surface area contributed by atoms with Gasteiger partial charge in [-0.3, -0.25) is 4.79 Å². The number of nitrogens with zero attached hydrogens (tertiary/aromatic N) is 1. The predicted molar refractivity (Wildman–Crippen MR) is 92.5 cm³/mol. The molecule has 1 saturated heterocycles. The number of rotatable bonds is 6. The first-order chi connectivity index (χ1) is 12.2. The highest BCUT2D eigenvalue weighted by atomic mass is 16.5. The Morgan fingerprint density at radius 2 is 2.20 bits per heavy atom. The molecule has 0 aromatic carbocycles. The minimum Gasteiger partial charge on any atom is -0.467 e. The van der Waals surface area contributed by atoms with Gasteiger partial charge in [0.1, 0.15) is 5.76 Å². The zero-order valence-electron chi connectivity index (χ0n) is 14.5. The highest BCUT2D eigenvalue weighted by Gasteiger charge is 2.29. The van der Waals surface area contributed by atoms with Crippen molar-refractivity contribution in [3.63, 3.8) is 0 Å². The van der Waals surface area contributed by atoms with Crippen LogP contribution in [-0.2, 0) is 16.1 Å². The van der Waals surface area contributed by atoms with Gasteiger partial charge in [0.2, 0.25) is 5.91 Å². The third-order valence-corrected chi connectivity index (χ3v) is 4.83. The number of ether oxygens (including phenoxy) is 1. The smallest absolute Gasteiger partial charge is 0.407 e. The van der Waals surface area contributed by atoms with Crippen LogP contribution in [0.15, 0.2) is 34.6 Å². The molecule has 25 heavy (non-hydrogen) atoms. The Bertz CT molecular complexity index is 609. The maximum Gasteiger partial charge on any atom is 0.407 e. The van der Waals surface area contributed by atoms with E-state index in [-0.39, 0.29) is 12.5 Å². The van der Waals surface area contributed by atoms with Crippen molar-refractivity contribution in [2.24, 2.45) is 5.92 Å². The number of furan rings is 1. The van der Waals surface area contributed by atoms with Crippen molar-refractivity contribution in [3.8, 4) is 0 Å². The summed E-state index contributed by atoms with van der Waals surface area (Å²) in [5.74, 6) is 1.39. The molecule has 2 heterocycles. The normalized spacial score (nSPS) is 19.8. The van der Waals surface area contributed by atoms with Crippen LogP contribution < -0.4 is 5.32 Å². The molecule has 2 aliphatic rings. The number of nitrogens with one attached hydrogen (secondary N) is 1. The van der Waals surface area contributed by atoms with Crippen LogP contribution >= 0.6 is 0 Å². The Kier molecular flexibility index (Phi) is 6.14. The highest BCUT2D eigenvalue weighted by molar-refractivity contribution is 5.78. The van der Waals surface area contributed by atoms with Crippen molar-refractivity contribution in [1.82, 2.24) is 10.2 Å². The molecule has 1 aliphatic heterocycles. The second kappa shape index (κ2) is 8.74. The topological polar surface area (TPSA) is 71.8 Å². The molecular formula is C19H26N2O4. The third-order valence-electron chi connectivity index (χ3n) is 4.83. The summed E-state index contributed by atoms with van der Waals surface area (Å²) in [6, 6.07) is 3.55. The summed E-state index contributed by atoms with van der Waals surface area (Å²) < 4.78 is 10.2. The molecule has 2 amide bonds. The van der Waals surface area contributed by atoms with Gasteiger partial charge in [-0.05, 0) is 56.6 Å². The molecule has 1 N–H and O–H groups in total. The van der Waals surface area contributed by atoms with Gasteiger partial charge < -0.3 is 19.4 Å². The van der Waals surface area contributed by atoms with Crippen LogP contribution in [0, 0.1) is 5.92 Å². The Morgan fingerprint density at radius 3 is 3.04 bits per heavy atom. The Hall–Kier alpha value is -2.24. The first-order valence-electron chi connectivity index (χ1n) is 9.17. The lowest BCUT2D eigenvalue weighted by Gasteiger charge is -2.38. The molecule has 6 heteroatoms. The van der Waals surface area contributed by atoms with Gasteiger partial charge in [-0.1, -0.05) is 6.08 Å². The maximum atomic E-state index is 12.5.